The molecule has 2 aliphatic rings. The normalized spacial score (nSPS) is 29.5. The minimum absolute atomic E-state index is 0.191. The molecule has 1 aromatic heterocycles. The molecule has 1 aliphatic heterocycles. The summed E-state index contributed by atoms with van der Waals surface area (Å²) in [5, 5.41) is 0. The fourth-order valence-electron chi connectivity index (χ4n) is 3.49. The first-order valence-electron chi connectivity index (χ1n) is 7.83. The summed E-state index contributed by atoms with van der Waals surface area (Å²) >= 11 is 0. The Labute approximate surface area is 126 Å². The lowest BCUT2D eigenvalue weighted by atomic mass is 10.1. The van der Waals surface area contributed by atoms with Gasteiger partial charge in [-0.2, -0.15) is 0 Å². The van der Waals surface area contributed by atoms with Gasteiger partial charge in [-0.25, -0.2) is 0 Å². The van der Waals surface area contributed by atoms with E-state index in [1.807, 2.05) is 13.0 Å². The third-order valence-electron chi connectivity index (χ3n) is 4.65. The first-order chi connectivity index (χ1) is 10.2. The van der Waals surface area contributed by atoms with Crippen LogP contribution in [0.1, 0.15) is 29.9 Å². The van der Waals surface area contributed by atoms with Gasteiger partial charge in [0.15, 0.2) is 0 Å². The van der Waals surface area contributed by atoms with Gasteiger partial charge in [0, 0.05) is 12.6 Å². The SMILES string of the molecule is C=CCO[C@@H]1CC[C@@H]2[C@H]1OCCN2Cc1cc(C)c(C)o1. The molecule has 4 nitrogen and oxygen atoms in total. The Hall–Kier alpha value is -1.10. The second-order valence-electron chi connectivity index (χ2n) is 6.06. The zero-order valence-corrected chi connectivity index (χ0v) is 13.0. The van der Waals surface area contributed by atoms with Gasteiger partial charge in [0.25, 0.3) is 0 Å². The van der Waals surface area contributed by atoms with Crippen molar-refractivity contribution in [1.82, 2.24) is 4.90 Å². The van der Waals surface area contributed by atoms with E-state index in [4.69, 9.17) is 13.9 Å². The summed E-state index contributed by atoms with van der Waals surface area (Å²) in [7, 11) is 0. The number of aryl methyl sites for hydroxylation is 2. The topological polar surface area (TPSA) is 34.8 Å². The van der Waals surface area contributed by atoms with Crippen LogP contribution in [0.5, 0.6) is 0 Å². The third-order valence-corrected chi connectivity index (χ3v) is 4.65. The second kappa shape index (κ2) is 6.34. The first-order valence-corrected chi connectivity index (χ1v) is 7.83. The van der Waals surface area contributed by atoms with E-state index in [0.29, 0.717) is 12.6 Å². The average Bonchev–Trinajstić information content (AvgIpc) is 3.02. The zero-order chi connectivity index (χ0) is 14.8. The Kier molecular flexibility index (Phi) is 4.48. The van der Waals surface area contributed by atoms with Crippen LogP contribution in [0.25, 0.3) is 0 Å². The van der Waals surface area contributed by atoms with Crippen LogP contribution in [-0.4, -0.2) is 42.9 Å². The summed E-state index contributed by atoms with van der Waals surface area (Å²) in [6, 6.07) is 2.60. The Morgan fingerprint density at radius 2 is 2.29 bits per heavy atom. The van der Waals surface area contributed by atoms with Crippen molar-refractivity contribution in [2.24, 2.45) is 0 Å². The molecular formula is C17H25NO3. The molecule has 1 aliphatic carbocycles. The summed E-state index contributed by atoms with van der Waals surface area (Å²) in [6.45, 7) is 11.0. The fourth-order valence-corrected chi connectivity index (χ4v) is 3.49. The predicted octanol–water partition coefficient (Wildman–Crippen LogP) is 2.83. The van der Waals surface area contributed by atoms with E-state index in [1.54, 1.807) is 0 Å². The van der Waals surface area contributed by atoms with Gasteiger partial charge in [0.2, 0.25) is 0 Å². The van der Waals surface area contributed by atoms with Crippen molar-refractivity contribution < 1.29 is 13.9 Å². The number of fused-ring (bicyclic) bond motifs is 1. The van der Waals surface area contributed by atoms with Gasteiger partial charge >= 0.3 is 0 Å². The zero-order valence-electron chi connectivity index (χ0n) is 13.0. The van der Waals surface area contributed by atoms with Crippen LogP contribution in [0.3, 0.4) is 0 Å². The highest BCUT2D eigenvalue weighted by atomic mass is 16.5. The molecule has 0 spiro atoms. The van der Waals surface area contributed by atoms with Crippen molar-refractivity contribution in [2.75, 3.05) is 19.8 Å². The molecule has 0 amide bonds. The Bertz CT molecular complexity index is 477. The molecule has 3 atom stereocenters. The molecule has 0 bridgehead atoms. The lowest BCUT2D eigenvalue weighted by molar-refractivity contribution is -0.112. The van der Waals surface area contributed by atoms with E-state index in [9.17, 15) is 0 Å². The largest absolute Gasteiger partial charge is 0.465 e. The molecule has 0 unspecified atom stereocenters. The molecule has 3 rings (SSSR count). The van der Waals surface area contributed by atoms with Gasteiger partial charge in [0.1, 0.15) is 11.5 Å². The molecule has 0 radical (unpaired) electrons. The van der Waals surface area contributed by atoms with Crippen LogP contribution in [-0.2, 0) is 16.0 Å². The van der Waals surface area contributed by atoms with Gasteiger partial charge in [-0.3, -0.25) is 4.90 Å². The van der Waals surface area contributed by atoms with Crippen LogP contribution in [0.2, 0.25) is 0 Å². The fraction of sp³-hybridized carbons (Fsp3) is 0.647. The Morgan fingerprint density at radius 1 is 1.43 bits per heavy atom. The number of hydrogen-bond acceptors (Lipinski definition) is 4. The van der Waals surface area contributed by atoms with Crippen molar-refractivity contribution in [1.29, 1.82) is 0 Å². The van der Waals surface area contributed by atoms with Gasteiger partial charge in [0.05, 0.1) is 32.0 Å². The van der Waals surface area contributed by atoms with E-state index in [-0.39, 0.29) is 12.2 Å². The molecule has 2 heterocycles. The van der Waals surface area contributed by atoms with Crippen molar-refractivity contribution in [3.63, 3.8) is 0 Å². The molecular weight excluding hydrogens is 266 g/mol. The monoisotopic (exact) mass is 291 g/mol. The molecule has 0 aromatic carbocycles. The molecule has 21 heavy (non-hydrogen) atoms. The summed E-state index contributed by atoms with van der Waals surface area (Å²) in [6.07, 6.45) is 4.40. The van der Waals surface area contributed by atoms with Gasteiger partial charge in [-0.05, 0) is 38.3 Å². The standard InChI is InChI=1S/C17H25NO3/c1-4-8-19-16-6-5-15-17(16)20-9-7-18(15)11-14-10-12(2)13(3)21-14/h4,10,15-17H,1,5-9,11H2,2-3H3/t15-,16-,17-/m1/s1. The maximum absolute atomic E-state index is 5.98. The van der Waals surface area contributed by atoms with Crippen LogP contribution in [0.4, 0.5) is 0 Å². The average molecular weight is 291 g/mol. The highest BCUT2D eigenvalue weighted by Gasteiger charge is 2.43. The van der Waals surface area contributed by atoms with Gasteiger partial charge < -0.3 is 13.9 Å². The minimum atomic E-state index is 0.191. The van der Waals surface area contributed by atoms with E-state index in [0.717, 1.165) is 44.1 Å². The number of ether oxygens (including phenoxy) is 2. The maximum atomic E-state index is 5.98. The quantitative estimate of drug-likeness (QED) is 0.781. The molecule has 116 valence electrons. The molecule has 4 heteroatoms. The summed E-state index contributed by atoms with van der Waals surface area (Å²) < 4.78 is 17.7. The summed E-state index contributed by atoms with van der Waals surface area (Å²) in [5.74, 6) is 2.08. The van der Waals surface area contributed by atoms with Gasteiger partial charge in [-0.1, -0.05) is 6.08 Å². The summed E-state index contributed by atoms with van der Waals surface area (Å²) in [4.78, 5) is 2.49. The minimum Gasteiger partial charge on any atom is -0.465 e. The molecule has 1 aromatic rings. The Morgan fingerprint density at radius 3 is 3.00 bits per heavy atom. The Balaban J connectivity index is 1.65. The smallest absolute Gasteiger partial charge is 0.118 e. The van der Waals surface area contributed by atoms with E-state index in [1.165, 1.54) is 5.56 Å². The van der Waals surface area contributed by atoms with Gasteiger partial charge in [-0.15, -0.1) is 6.58 Å². The highest BCUT2D eigenvalue weighted by molar-refractivity contribution is 5.18. The van der Waals surface area contributed by atoms with Crippen molar-refractivity contribution in [2.45, 2.75) is 51.5 Å². The van der Waals surface area contributed by atoms with Crippen molar-refractivity contribution in [3.8, 4) is 0 Å². The lowest BCUT2D eigenvalue weighted by Crippen LogP contribution is -2.51. The van der Waals surface area contributed by atoms with Crippen molar-refractivity contribution in [3.05, 3.63) is 35.8 Å². The van der Waals surface area contributed by atoms with E-state index in [2.05, 4.69) is 24.5 Å². The molecule has 0 N–H and O–H groups in total. The van der Waals surface area contributed by atoms with E-state index >= 15 is 0 Å². The third kappa shape index (κ3) is 3.07. The number of rotatable bonds is 5. The maximum Gasteiger partial charge on any atom is 0.118 e. The highest BCUT2D eigenvalue weighted by Crippen LogP contribution is 2.33. The molecule has 2 fully saturated rings. The number of hydrogen-bond donors (Lipinski definition) is 0. The number of nitrogens with zero attached hydrogens (tertiary/aromatic N) is 1. The number of furan rings is 1. The molecule has 1 saturated heterocycles. The number of morpholine rings is 1. The lowest BCUT2D eigenvalue weighted by Gasteiger charge is -2.38. The summed E-state index contributed by atoms with van der Waals surface area (Å²) in [5.41, 5.74) is 1.23. The van der Waals surface area contributed by atoms with Crippen LogP contribution in [0, 0.1) is 13.8 Å². The second-order valence-corrected chi connectivity index (χ2v) is 6.06. The predicted molar refractivity (Wildman–Crippen MR) is 81.3 cm³/mol. The first kappa shape index (κ1) is 14.8. The van der Waals surface area contributed by atoms with Crippen LogP contribution in [0.15, 0.2) is 23.1 Å². The van der Waals surface area contributed by atoms with Crippen LogP contribution >= 0.6 is 0 Å². The molecule has 1 saturated carbocycles. The van der Waals surface area contributed by atoms with Crippen molar-refractivity contribution >= 4 is 0 Å². The van der Waals surface area contributed by atoms with E-state index < -0.39 is 0 Å². The van der Waals surface area contributed by atoms with Crippen LogP contribution < -0.4 is 0 Å².